The summed E-state index contributed by atoms with van der Waals surface area (Å²) in [7, 11) is 0. The highest BCUT2D eigenvalue weighted by atomic mass is 16.6. The van der Waals surface area contributed by atoms with Crippen molar-refractivity contribution < 1.29 is 9.53 Å². The van der Waals surface area contributed by atoms with Gasteiger partial charge in [-0.1, -0.05) is 36.4 Å². The Kier molecular flexibility index (Phi) is 2.98. The first kappa shape index (κ1) is 13.6. The summed E-state index contributed by atoms with van der Waals surface area (Å²) in [5.74, 6) is -0.0281. The molecule has 0 N–H and O–H groups in total. The number of hydrogen-bond donors (Lipinski definition) is 0. The van der Waals surface area contributed by atoms with E-state index in [2.05, 4.69) is 9.98 Å². The normalized spacial score (nSPS) is 20.4. The van der Waals surface area contributed by atoms with E-state index in [1.54, 1.807) is 13.1 Å². The average molecular weight is 302 g/mol. The van der Waals surface area contributed by atoms with Gasteiger partial charge in [0.1, 0.15) is 0 Å². The van der Waals surface area contributed by atoms with Gasteiger partial charge in [-0.05, 0) is 31.2 Å². The molecule has 4 nitrogen and oxygen atoms in total. The molecule has 3 aromatic rings. The van der Waals surface area contributed by atoms with Crippen LogP contribution in [-0.4, -0.2) is 16.9 Å². The number of rotatable bonds is 2. The van der Waals surface area contributed by atoms with Gasteiger partial charge in [0.05, 0.1) is 5.52 Å². The molecule has 0 amide bonds. The van der Waals surface area contributed by atoms with Crippen molar-refractivity contribution in [3.05, 3.63) is 78.0 Å². The molecule has 4 rings (SSSR count). The van der Waals surface area contributed by atoms with Crippen molar-refractivity contribution >= 4 is 22.8 Å². The first-order chi connectivity index (χ1) is 11.2. The Morgan fingerprint density at radius 3 is 2.57 bits per heavy atom. The van der Waals surface area contributed by atoms with Gasteiger partial charge in [-0.15, -0.1) is 0 Å². The van der Waals surface area contributed by atoms with Crippen LogP contribution >= 0.6 is 0 Å². The third-order valence-corrected chi connectivity index (χ3v) is 4.09. The average Bonchev–Trinajstić information content (AvgIpc) is 2.92. The summed E-state index contributed by atoms with van der Waals surface area (Å²) in [6, 6.07) is 19.2. The van der Waals surface area contributed by atoms with Crippen LogP contribution in [0.3, 0.4) is 0 Å². The van der Waals surface area contributed by atoms with E-state index in [1.165, 1.54) is 0 Å². The number of benzene rings is 2. The van der Waals surface area contributed by atoms with Gasteiger partial charge >= 0.3 is 5.97 Å². The third-order valence-electron chi connectivity index (χ3n) is 4.09. The number of pyridine rings is 1. The molecule has 2 aromatic carbocycles. The van der Waals surface area contributed by atoms with Crippen LogP contribution in [0.4, 0.5) is 0 Å². The van der Waals surface area contributed by atoms with Gasteiger partial charge in [-0.25, -0.2) is 9.79 Å². The van der Waals surface area contributed by atoms with Crippen LogP contribution in [0.25, 0.3) is 10.9 Å². The number of hydrogen-bond acceptors (Lipinski definition) is 4. The van der Waals surface area contributed by atoms with Gasteiger partial charge < -0.3 is 4.74 Å². The van der Waals surface area contributed by atoms with Gasteiger partial charge in [0, 0.05) is 22.7 Å². The predicted octanol–water partition coefficient (Wildman–Crippen LogP) is 3.45. The molecule has 1 aliphatic rings. The Morgan fingerprint density at radius 2 is 1.74 bits per heavy atom. The minimum Gasteiger partial charge on any atom is -0.405 e. The molecular formula is C19H14N2O2. The summed E-state index contributed by atoms with van der Waals surface area (Å²) in [5.41, 5.74) is 1.34. The van der Waals surface area contributed by atoms with E-state index in [0.717, 1.165) is 22.0 Å². The zero-order valence-corrected chi connectivity index (χ0v) is 12.6. The van der Waals surface area contributed by atoms with Crippen molar-refractivity contribution in [1.29, 1.82) is 0 Å². The van der Waals surface area contributed by atoms with Gasteiger partial charge in [0.25, 0.3) is 0 Å². The minimum absolute atomic E-state index is 0.353. The lowest BCUT2D eigenvalue weighted by atomic mass is 9.94. The number of aromatic nitrogens is 1. The molecule has 1 aliphatic heterocycles. The van der Waals surface area contributed by atoms with Crippen molar-refractivity contribution in [1.82, 2.24) is 4.98 Å². The maximum Gasteiger partial charge on any atom is 0.345 e. The van der Waals surface area contributed by atoms with E-state index in [-0.39, 0.29) is 5.97 Å². The Hall–Kier alpha value is -3.01. The molecule has 0 saturated heterocycles. The number of fused-ring (bicyclic) bond motifs is 1. The number of nitrogens with zero attached hydrogens (tertiary/aromatic N) is 2. The van der Waals surface area contributed by atoms with E-state index >= 15 is 0 Å². The van der Waals surface area contributed by atoms with Crippen LogP contribution in [-0.2, 0) is 15.1 Å². The number of carbonyl (C=O) groups is 1. The Balaban J connectivity index is 1.82. The van der Waals surface area contributed by atoms with Gasteiger partial charge in [-0.2, -0.15) is 0 Å². The highest BCUT2D eigenvalue weighted by Gasteiger charge is 2.44. The molecule has 112 valence electrons. The standard InChI is InChI=1S/C19H14N2O2/c1-19(15-11-14-9-5-6-10-16(14)20-12-15)18(22)23-17(21-19)13-7-3-2-4-8-13/h2-12H,1H3. The van der Waals surface area contributed by atoms with Gasteiger partial charge in [0.2, 0.25) is 5.90 Å². The van der Waals surface area contributed by atoms with E-state index < -0.39 is 5.54 Å². The maximum absolute atomic E-state index is 12.5. The zero-order valence-electron chi connectivity index (χ0n) is 12.6. The van der Waals surface area contributed by atoms with Crippen LogP contribution in [0.2, 0.25) is 0 Å². The zero-order chi connectivity index (χ0) is 15.9. The lowest BCUT2D eigenvalue weighted by Crippen LogP contribution is -2.27. The fraction of sp³-hybridized carbons (Fsp3) is 0.105. The van der Waals surface area contributed by atoms with Crippen LogP contribution in [0, 0.1) is 0 Å². The van der Waals surface area contributed by atoms with Crippen LogP contribution in [0.1, 0.15) is 18.1 Å². The third kappa shape index (κ3) is 2.19. The van der Waals surface area contributed by atoms with E-state index in [0.29, 0.717) is 5.90 Å². The van der Waals surface area contributed by atoms with E-state index in [4.69, 9.17) is 4.74 Å². The second kappa shape index (κ2) is 5.02. The molecule has 2 heterocycles. The summed E-state index contributed by atoms with van der Waals surface area (Å²) in [5, 5.41) is 0.974. The van der Waals surface area contributed by atoms with Crippen molar-refractivity contribution in [2.45, 2.75) is 12.5 Å². The molecule has 23 heavy (non-hydrogen) atoms. The van der Waals surface area contributed by atoms with Crippen molar-refractivity contribution in [2.24, 2.45) is 4.99 Å². The number of aliphatic imine (C=N–C) groups is 1. The first-order valence-electron chi connectivity index (χ1n) is 7.40. The predicted molar refractivity (Wildman–Crippen MR) is 88.2 cm³/mol. The summed E-state index contributed by atoms with van der Waals surface area (Å²) in [4.78, 5) is 21.4. The SMILES string of the molecule is CC1(c2cnc3ccccc3c2)N=C(c2ccccc2)OC1=O. The molecule has 1 unspecified atom stereocenters. The van der Waals surface area contributed by atoms with Gasteiger partial charge in [-0.3, -0.25) is 4.98 Å². The largest absolute Gasteiger partial charge is 0.405 e. The monoisotopic (exact) mass is 302 g/mol. The second-order valence-electron chi connectivity index (χ2n) is 5.66. The molecule has 0 saturated carbocycles. The summed E-state index contributed by atoms with van der Waals surface area (Å²) in [6.07, 6.45) is 1.70. The molecule has 0 fully saturated rings. The van der Waals surface area contributed by atoms with E-state index in [9.17, 15) is 4.79 Å². The molecule has 1 aromatic heterocycles. The Morgan fingerprint density at radius 1 is 1.00 bits per heavy atom. The van der Waals surface area contributed by atoms with Crippen molar-refractivity contribution in [2.75, 3.05) is 0 Å². The topological polar surface area (TPSA) is 51.6 Å². The first-order valence-corrected chi connectivity index (χ1v) is 7.40. The van der Waals surface area contributed by atoms with Crippen molar-refractivity contribution in [3.63, 3.8) is 0 Å². The summed E-state index contributed by atoms with van der Waals surface area (Å²) in [6.45, 7) is 1.76. The number of cyclic esters (lactones) is 1. The summed E-state index contributed by atoms with van der Waals surface area (Å²) >= 11 is 0. The van der Waals surface area contributed by atoms with Gasteiger partial charge in [0.15, 0.2) is 5.54 Å². The Bertz CT molecular complexity index is 934. The lowest BCUT2D eigenvalue weighted by Gasteiger charge is -2.16. The molecule has 0 bridgehead atoms. The minimum atomic E-state index is -1.07. The number of carbonyl (C=O) groups excluding carboxylic acids is 1. The number of ether oxygens (including phenoxy) is 1. The molecule has 0 aliphatic carbocycles. The van der Waals surface area contributed by atoms with Crippen molar-refractivity contribution in [3.8, 4) is 0 Å². The highest BCUT2D eigenvalue weighted by Crippen LogP contribution is 2.34. The molecule has 0 spiro atoms. The van der Waals surface area contributed by atoms with Crippen LogP contribution in [0.15, 0.2) is 71.9 Å². The lowest BCUT2D eigenvalue weighted by molar-refractivity contribution is -0.138. The number of para-hydroxylation sites is 1. The fourth-order valence-electron chi connectivity index (χ4n) is 2.68. The Labute approximate surface area is 133 Å². The van der Waals surface area contributed by atoms with Crippen LogP contribution < -0.4 is 0 Å². The van der Waals surface area contributed by atoms with Crippen LogP contribution in [0.5, 0.6) is 0 Å². The molecular weight excluding hydrogens is 288 g/mol. The number of esters is 1. The second-order valence-corrected chi connectivity index (χ2v) is 5.66. The smallest absolute Gasteiger partial charge is 0.345 e. The molecule has 4 heteroatoms. The fourth-order valence-corrected chi connectivity index (χ4v) is 2.68. The maximum atomic E-state index is 12.5. The quantitative estimate of drug-likeness (QED) is 0.681. The highest BCUT2D eigenvalue weighted by molar-refractivity contribution is 6.08. The molecule has 1 atom stereocenters. The van der Waals surface area contributed by atoms with E-state index in [1.807, 2.05) is 60.7 Å². The molecule has 0 radical (unpaired) electrons. The summed E-state index contributed by atoms with van der Waals surface area (Å²) < 4.78 is 5.41.